The van der Waals surface area contributed by atoms with Gasteiger partial charge in [-0.05, 0) is 73.9 Å². The van der Waals surface area contributed by atoms with E-state index in [-0.39, 0.29) is 18.0 Å². The molecule has 10 heteroatoms. The van der Waals surface area contributed by atoms with Crippen molar-refractivity contribution in [3.63, 3.8) is 0 Å². The van der Waals surface area contributed by atoms with Gasteiger partial charge in [0, 0.05) is 28.4 Å². The van der Waals surface area contributed by atoms with Crippen LogP contribution in [0.1, 0.15) is 51.0 Å². The number of thiophene rings is 1. The lowest BCUT2D eigenvalue weighted by atomic mass is 10.1. The molecule has 0 atom stereocenters. The lowest BCUT2D eigenvalue weighted by Gasteiger charge is -2.28. The van der Waals surface area contributed by atoms with Gasteiger partial charge >= 0.3 is 6.18 Å². The minimum Gasteiger partial charge on any atom is -0.493 e. The summed E-state index contributed by atoms with van der Waals surface area (Å²) in [6.45, 7) is 4.91. The van der Waals surface area contributed by atoms with Crippen LogP contribution in [0.3, 0.4) is 0 Å². The molecule has 2 aromatic carbocycles. The number of alkyl halides is 3. The molecule has 0 saturated heterocycles. The number of hydrogen-bond donors (Lipinski definition) is 0. The monoisotopic (exact) mass is 576 g/mol. The Hall–Kier alpha value is -3.53. The molecule has 1 aromatic heterocycles. The molecule has 0 bridgehead atoms. The third kappa shape index (κ3) is 8.48. The Morgan fingerprint density at radius 3 is 2.17 bits per heavy atom. The molecule has 0 aliphatic heterocycles. The van der Waals surface area contributed by atoms with E-state index in [2.05, 4.69) is 0 Å². The molecule has 0 unspecified atom stereocenters. The molecule has 0 radical (unpaired) electrons. The van der Waals surface area contributed by atoms with Crippen LogP contribution in [0.4, 0.5) is 13.2 Å². The highest BCUT2D eigenvalue weighted by Gasteiger charge is 2.31. The van der Waals surface area contributed by atoms with Crippen molar-refractivity contribution in [1.29, 1.82) is 0 Å². The van der Waals surface area contributed by atoms with Gasteiger partial charge in [-0.15, -0.1) is 11.3 Å². The van der Waals surface area contributed by atoms with Crippen LogP contribution >= 0.6 is 11.3 Å². The molecule has 1 heterocycles. The Balaban J connectivity index is 1.80. The second-order valence-corrected chi connectivity index (χ2v) is 10.8. The Morgan fingerprint density at radius 2 is 1.60 bits per heavy atom. The van der Waals surface area contributed by atoms with Crippen LogP contribution in [-0.2, 0) is 23.9 Å². The molecular formula is C30H35F3N2O4S. The van der Waals surface area contributed by atoms with Crippen molar-refractivity contribution in [3.05, 3.63) is 81.0 Å². The standard InChI is InChI=1S/C30H35F3N2O4S/c1-5-6-16-35(29(37)23-9-11-24(12-10-23)30(31,32)33)20-28(36)34(19-25-13-7-21(2)40-25)17-15-22-8-14-26(38-3)27(18-22)39-4/h7-14,18H,5-6,15-17,19-20H2,1-4H3. The summed E-state index contributed by atoms with van der Waals surface area (Å²) in [6.07, 6.45) is -2.48. The first-order chi connectivity index (χ1) is 19.0. The number of nitrogens with zero attached hydrogens (tertiary/aromatic N) is 2. The van der Waals surface area contributed by atoms with Gasteiger partial charge in [0.15, 0.2) is 11.5 Å². The summed E-state index contributed by atoms with van der Waals surface area (Å²) in [4.78, 5) is 32.2. The number of aryl methyl sites for hydroxylation is 1. The molecule has 0 saturated carbocycles. The lowest BCUT2D eigenvalue weighted by Crippen LogP contribution is -2.43. The summed E-state index contributed by atoms with van der Waals surface area (Å²) in [7, 11) is 3.13. The van der Waals surface area contributed by atoms with E-state index in [1.807, 2.05) is 44.2 Å². The van der Waals surface area contributed by atoms with Crippen LogP contribution < -0.4 is 9.47 Å². The summed E-state index contributed by atoms with van der Waals surface area (Å²) in [5.74, 6) is 0.506. The van der Waals surface area contributed by atoms with Crippen molar-refractivity contribution >= 4 is 23.2 Å². The highest BCUT2D eigenvalue weighted by atomic mass is 32.1. The molecular weight excluding hydrogens is 541 g/mol. The molecule has 0 aliphatic carbocycles. The second kappa shape index (κ2) is 14.2. The fourth-order valence-electron chi connectivity index (χ4n) is 4.20. The maximum atomic E-state index is 13.6. The van der Waals surface area contributed by atoms with Gasteiger partial charge in [-0.2, -0.15) is 13.2 Å². The van der Waals surface area contributed by atoms with Gasteiger partial charge in [0.05, 0.1) is 26.3 Å². The number of halogens is 3. The van der Waals surface area contributed by atoms with Crippen LogP contribution in [-0.4, -0.2) is 55.5 Å². The molecule has 40 heavy (non-hydrogen) atoms. The maximum Gasteiger partial charge on any atom is 0.416 e. The van der Waals surface area contributed by atoms with Gasteiger partial charge in [-0.1, -0.05) is 19.4 Å². The van der Waals surface area contributed by atoms with Crippen molar-refractivity contribution in [1.82, 2.24) is 9.80 Å². The fraction of sp³-hybridized carbons (Fsp3) is 0.400. The predicted molar refractivity (Wildman–Crippen MR) is 150 cm³/mol. The van der Waals surface area contributed by atoms with E-state index in [9.17, 15) is 22.8 Å². The van der Waals surface area contributed by atoms with Crippen LogP contribution in [0.2, 0.25) is 0 Å². The Morgan fingerprint density at radius 1 is 0.900 bits per heavy atom. The number of amides is 2. The Bertz CT molecular complexity index is 1270. The van der Waals surface area contributed by atoms with Crippen LogP contribution in [0.15, 0.2) is 54.6 Å². The highest BCUT2D eigenvalue weighted by Crippen LogP contribution is 2.30. The van der Waals surface area contributed by atoms with Crippen LogP contribution in [0.5, 0.6) is 11.5 Å². The number of methoxy groups -OCH3 is 2. The molecule has 2 amide bonds. The van der Waals surface area contributed by atoms with Crippen molar-refractivity contribution in [2.45, 2.75) is 45.8 Å². The number of benzene rings is 2. The minimum atomic E-state index is -4.49. The first-order valence-corrected chi connectivity index (χ1v) is 13.9. The summed E-state index contributed by atoms with van der Waals surface area (Å²) < 4.78 is 49.7. The van der Waals surface area contributed by atoms with Gasteiger partial charge < -0.3 is 19.3 Å². The predicted octanol–water partition coefficient (Wildman–Crippen LogP) is 6.61. The smallest absolute Gasteiger partial charge is 0.416 e. The third-order valence-electron chi connectivity index (χ3n) is 6.47. The zero-order valence-corrected chi connectivity index (χ0v) is 24.0. The van der Waals surface area contributed by atoms with E-state index >= 15 is 0 Å². The number of carbonyl (C=O) groups excluding carboxylic acids is 2. The van der Waals surface area contributed by atoms with E-state index in [0.29, 0.717) is 44.0 Å². The summed E-state index contributed by atoms with van der Waals surface area (Å²) in [6, 6.07) is 13.7. The van der Waals surface area contributed by atoms with E-state index in [0.717, 1.165) is 46.0 Å². The summed E-state index contributed by atoms with van der Waals surface area (Å²) in [5, 5.41) is 0. The molecule has 3 aromatic rings. The zero-order chi connectivity index (χ0) is 29.3. The lowest BCUT2D eigenvalue weighted by molar-refractivity contribution is -0.137. The number of unbranched alkanes of at least 4 members (excludes halogenated alkanes) is 1. The average molecular weight is 577 g/mol. The molecule has 6 nitrogen and oxygen atoms in total. The Kier molecular flexibility index (Phi) is 11.0. The van der Waals surface area contributed by atoms with E-state index < -0.39 is 17.6 Å². The number of rotatable bonds is 13. The van der Waals surface area contributed by atoms with Gasteiger partial charge in [0.1, 0.15) is 6.54 Å². The first-order valence-electron chi connectivity index (χ1n) is 13.1. The van der Waals surface area contributed by atoms with Gasteiger partial charge in [-0.3, -0.25) is 9.59 Å². The topological polar surface area (TPSA) is 59.1 Å². The van der Waals surface area contributed by atoms with E-state index in [1.54, 1.807) is 30.5 Å². The quantitative estimate of drug-likeness (QED) is 0.230. The fourth-order valence-corrected chi connectivity index (χ4v) is 5.11. The van der Waals surface area contributed by atoms with Gasteiger partial charge in [0.2, 0.25) is 5.91 Å². The van der Waals surface area contributed by atoms with Crippen molar-refractivity contribution in [3.8, 4) is 11.5 Å². The number of hydrogen-bond acceptors (Lipinski definition) is 5. The van der Waals surface area contributed by atoms with Gasteiger partial charge in [-0.25, -0.2) is 0 Å². The van der Waals surface area contributed by atoms with Crippen molar-refractivity contribution in [2.24, 2.45) is 0 Å². The number of carbonyl (C=O) groups is 2. The zero-order valence-electron chi connectivity index (χ0n) is 23.2. The van der Waals surface area contributed by atoms with E-state index in [1.165, 1.54) is 4.90 Å². The van der Waals surface area contributed by atoms with Gasteiger partial charge in [0.25, 0.3) is 5.91 Å². The summed E-state index contributed by atoms with van der Waals surface area (Å²) >= 11 is 1.60. The van der Waals surface area contributed by atoms with Crippen LogP contribution in [0.25, 0.3) is 0 Å². The van der Waals surface area contributed by atoms with Crippen molar-refractivity contribution < 1.29 is 32.2 Å². The Labute approximate surface area is 237 Å². The molecule has 0 aliphatic rings. The maximum absolute atomic E-state index is 13.6. The normalized spacial score (nSPS) is 11.3. The second-order valence-electron chi connectivity index (χ2n) is 9.42. The molecule has 0 spiro atoms. The number of ether oxygens (including phenoxy) is 2. The summed E-state index contributed by atoms with van der Waals surface area (Å²) in [5.41, 5.74) is 0.247. The average Bonchev–Trinajstić information content (AvgIpc) is 3.36. The van der Waals surface area contributed by atoms with Crippen LogP contribution in [0, 0.1) is 6.92 Å². The SMILES string of the molecule is CCCCN(CC(=O)N(CCc1ccc(OC)c(OC)c1)Cc1ccc(C)s1)C(=O)c1ccc(C(F)(F)F)cc1. The molecule has 216 valence electrons. The van der Waals surface area contributed by atoms with Crippen molar-refractivity contribution in [2.75, 3.05) is 33.9 Å². The van der Waals surface area contributed by atoms with E-state index in [4.69, 9.17) is 9.47 Å². The highest BCUT2D eigenvalue weighted by molar-refractivity contribution is 7.11. The third-order valence-corrected chi connectivity index (χ3v) is 7.45. The molecule has 0 fully saturated rings. The first kappa shape index (κ1) is 31.0. The molecule has 3 rings (SSSR count). The minimum absolute atomic E-state index is 0.114. The largest absolute Gasteiger partial charge is 0.493 e. The molecule has 0 N–H and O–H groups in total.